The number of nitrogens with zero attached hydrogens (tertiary/aromatic N) is 1. The van der Waals surface area contributed by atoms with Gasteiger partial charge in [-0.25, -0.2) is 0 Å². The number of hydrogen-bond donors (Lipinski definition) is 1. The van der Waals surface area contributed by atoms with Crippen LogP contribution in [0.5, 0.6) is 5.75 Å². The topological polar surface area (TPSA) is 78.4 Å². The highest BCUT2D eigenvalue weighted by Crippen LogP contribution is 2.29. The molecule has 2 rings (SSSR count). The maximum Gasteiger partial charge on any atom is 0.271 e. The largest absolute Gasteiger partial charge is 0.491 e. The molecule has 0 unspecified atom stereocenters. The smallest absolute Gasteiger partial charge is 0.271 e. The summed E-state index contributed by atoms with van der Waals surface area (Å²) < 4.78 is 5.61. The van der Waals surface area contributed by atoms with Crippen LogP contribution in [0.2, 0.25) is 0 Å². The first-order chi connectivity index (χ1) is 8.16. The molecule has 0 saturated heterocycles. The second-order valence-corrected chi connectivity index (χ2v) is 4.44. The number of hydrogen-bond acceptors (Lipinski definition) is 4. The van der Waals surface area contributed by atoms with E-state index < -0.39 is 4.92 Å². The molecule has 0 radical (unpaired) electrons. The molecule has 0 spiro atoms. The van der Waals surface area contributed by atoms with Gasteiger partial charge in [-0.15, -0.1) is 0 Å². The van der Waals surface area contributed by atoms with Crippen LogP contribution in [0.25, 0.3) is 0 Å². The first-order valence-corrected chi connectivity index (χ1v) is 5.83. The highest BCUT2D eigenvalue weighted by Gasteiger charge is 2.16. The van der Waals surface area contributed by atoms with Gasteiger partial charge in [0.1, 0.15) is 5.75 Å². The quantitative estimate of drug-likeness (QED) is 0.495. The van der Waals surface area contributed by atoms with Crippen LogP contribution in [0.3, 0.4) is 0 Å². The van der Waals surface area contributed by atoms with Crippen molar-refractivity contribution in [3.8, 4) is 5.75 Å². The first-order valence-electron chi connectivity index (χ1n) is 5.83. The van der Waals surface area contributed by atoms with Crippen molar-refractivity contribution in [3.05, 3.63) is 28.3 Å². The van der Waals surface area contributed by atoms with E-state index in [1.165, 1.54) is 37.8 Å². The van der Waals surface area contributed by atoms with Gasteiger partial charge in [0.2, 0.25) is 0 Å². The van der Waals surface area contributed by atoms with Crippen molar-refractivity contribution in [2.45, 2.75) is 25.7 Å². The Bertz CT molecular complexity index is 414. The van der Waals surface area contributed by atoms with Crippen LogP contribution in [-0.4, -0.2) is 11.5 Å². The van der Waals surface area contributed by atoms with Crippen LogP contribution in [0.4, 0.5) is 11.4 Å². The Hall–Kier alpha value is -1.78. The van der Waals surface area contributed by atoms with Crippen molar-refractivity contribution in [1.82, 2.24) is 0 Å². The number of nitrogens with two attached hydrogens (primary N) is 1. The second kappa shape index (κ2) is 5.03. The van der Waals surface area contributed by atoms with Gasteiger partial charge in [-0.3, -0.25) is 10.1 Å². The molecule has 1 aromatic rings. The van der Waals surface area contributed by atoms with Crippen LogP contribution in [0, 0.1) is 16.0 Å². The molecule has 1 fully saturated rings. The third kappa shape index (κ3) is 2.87. The van der Waals surface area contributed by atoms with Crippen LogP contribution < -0.4 is 10.5 Å². The number of rotatable bonds is 4. The number of nitro benzene ring substituents is 1. The predicted octanol–water partition coefficient (Wildman–Crippen LogP) is 2.75. The van der Waals surface area contributed by atoms with E-state index in [-0.39, 0.29) is 5.69 Å². The van der Waals surface area contributed by atoms with Crippen LogP contribution in [-0.2, 0) is 0 Å². The van der Waals surface area contributed by atoms with Gasteiger partial charge < -0.3 is 10.5 Å². The second-order valence-electron chi connectivity index (χ2n) is 4.44. The lowest BCUT2D eigenvalue weighted by molar-refractivity contribution is -0.384. The molecule has 1 saturated carbocycles. The SMILES string of the molecule is Nc1cc([N+](=O)[O-])ccc1OCC1CCCC1. The summed E-state index contributed by atoms with van der Waals surface area (Å²) in [7, 11) is 0. The number of ether oxygens (including phenoxy) is 1. The summed E-state index contributed by atoms with van der Waals surface area (Å²) in [5.74, 6) is 1.15. The molecule has 1 aliphatic carbocycles. The lowest BCUT2D eigenvalue weighted by Gasteiger charge is -2.12. The average Bonchev–Trinajstić information content (AvgIpc) is 2.80. The van der Waals surface area contributed by atoms with E-state index in [1.807, 2.05) is 0 Å². The Morgan fingerprint density at radius 2 is 2.12 bits per heavy atom. The molecule has 0 bridgehead atoms. The van der Waals surface area contributed by atoms with E-state index >= 15 is 0 Å². The predicted molar refractivity (Wildman–Crippen MR) is 65.0 cm³/mol. The highest BCUT2D eigenvalue weighted by molar-refractivity contribution is 5.58. The lowest BCUT2D eigenvalue weighted by Crippen LogP contribution is -2.09. The molecule has 0 heterocycles. The van der Waals surface area contributed by atoms with E-state index in [0.29, 0.717) is 24.0 Å². The lowest BCUT2D eigenvalue weighted by atomic mass is 10.1. The Morgan fingerprint density at radius 1 is 1.41 bits per heavy atom. The molecule has 0 aliphatic heterocycles. The summed E-state index contributed by atoms with van der Waals surface area (Å²) in [5.41, 5.74) is 6.04. The normalized spacial score (nSPS) is 16.0. The fraction of sp³-hybridized carbons (Fsp3) is 0.500. The molecule has 17 heavy (non-hydrogen) atoms. The summed E-state index contributed by atoms with van der Waals surface area (Å²) in [5, 5.41) is 10.5. The first kappa shape index (κ1) is 11.7. The molecular formula is C12H16N2O3. The van der Waals surface area contributed by atoms with Gasteiger partial charge in [-0.05, 0) is 24.8 Å². The van der Waals surface area contributed by atoms with Crippen LogP contribution in [0.15, 0.2) is 18.2 Å². The monoisotopic (exact) mass is 236 g/mol. The van der Waals surface area contributed by atoms with Crippen molar-refractivity contribution >= 4 is 11.4 Å². The Kier molecular flexibility index (Phi) is 3.46. The van der Waals surface area contributed by atoms with Crippen LogP contribution in [0.1, 0.15) is 25.7 Å². The molecule has 5 heteroatoms. The van der Waals surface area contributed by atoms with Crippen molar-refractivity contribution in [1.29, 1.82) is 0 Å². The van der Waals surface area contributed by atoms with E-state index in [9.17, 15) is 10.1 Å². The zero-order valence-corrected chi connectivity index (χ0v) is 9.59. The van der Waals surface area contributed by atoms with Gasteiger partial charge in [0.05, 0.1) is 17.2 Å². The minimum absolute atomic E-state index is 0.00397. The molecule has 1 aromatic carbocycles. The highest BCUT2D eigenvalue weighted by atomic mass is 16.6. The molecular weight excluding hydrogens is 220 g/mol. The summed E-state index contributed by atoms with van der Waals surface area (Å²) in [4.78, 5) is 10.1. The van der Waals surface area contributed by atoms with E-state index in [4.69, 9.17) is 10.5 Å². The number of non-ortho nitro benzene ring substituents is 1. The number of benzene rings is 1. The number of nitro groups is 1. The maximum absolute atomic E-state index is 10.5. The minimum atomic E-state index is -0.461. The third-order valence-electron chi connectivity index (χ3n) is 3.15. The van der Waals surface area contributed by atoms with E-state index in [1.54, 1.807) is 6.07 Å². The Balaban J connectivity index is 1.98. The van der Waals surface area contributed by atoms with Gasteiger partial charge in [-0.2, -0.15) is 0 Å². The molecule has 0 aromatic heterocycles. The van der Waals surface area contributed by atoms with E-state index in [2.05, 4.69) is 0 Å². The van der Waals surface area contributed by atoms with Gasteiger partial charge in [0.25, 0.3) is 5.69 Å². The summed E-state index contributed by atoms with van der Waals surface area (Å²) in [6, 6.07) is 4.33. The van der Waals surface area contributed by atoms with Gasteiger partial charge in [-0.1, -0.05) is 12.8 Å². The molecule has 0 atom stereocenters. The average molecular weight is 236 g/mol. The van der Waals surface area contributed by atoms with Crippen molar-refractivity contribution < 1.29 is 9.66 Å². The molecule has 5 nitrogen and oxygen atoms in total. The summed E-state index contributed by atoms with van der Waals surface area (Å²) >= 11 is 0. The van der Waals surface area contributed by atoms with Gasteiger partial charge in [0, 0.05) is 12.1 Å². The molecule has 0 amide bonds. The van der Waals surface area contributed by atoms with Crippen molar-refractivity contribution in [2.75, 3.05) is 12.3 Å². The van der Waals surface area contributed by atoms with E-state index in [0.717, 1.165) is 0 Å². The zero-order valence-electron chi connectivity index (χ0n) is 9.59. The fourth-order valence-corrected chi connectivity index (χ4v) is 2.17. The Labute approximate surface area is 99.7 Å². The van der Waals surface area contributed by atoms with Crippen LogP contribution >= 0.6 is 0 Å². The third-order valence-corrected chi connectivity index (χ3v) is 3.15. The summed E-state index contributed by atoms with van der Waals surface area (Å²) in [6.45, 7) is 0.655. The Morgan fingerprint density at radius 3 is 2.71 bits per heavy atom. The maximum atomic E-state index is 10.5. The zero-order chi connectivity index (χ0) is 12.3. The standard InChI is InChI=1S/C12H16N2O3/c13-11-7-10(14(15)16)5-6-12(11)17-8-9-3-1-2-4-9/h5-7,9H,1-4,8,13H2. The van der Waals surface area contributed by atoms with Gasteiger partial charge in [0.15, 0.2) is 0 Å². The number of nitrogen functional groups attached to an aromatic ring is 1. The molecule has 92 valence electrons. The minimum Gasteiger partial charge on any atom is -0.491 e. The fourth-order valence-electron chi connectivity index (χ4n) is 2.17. The molecule has 1 aliphatic rings. The van der Waals surface area contributed by atoms with Crippen molar-refractivity contribution in [2.24, 2.45) is 5.92 Å². The molecule has 2 N–H and O–H groups in total. The number of anilines is 1. The van der Waals surface area contributed by atoms with Crippen molar-refractivity contribution in [3.63, 3.8) is 0 Å². The van der Waals surface area contributed by atoms with Gasteiger partial charge >= 0.3 is 0 Å². The summed E-state index contributed by atoms with van der Waals surface area (Å²) in [6.07, 6.45) is 4.94.